The lowest BCUT2D eigenvalue weighted by Gasteiger charge is -2.38. The van der Waals surface area contributed by atoms with E-state index < -0.39 is 5.97 Å². The fourth-order valence-electron chi connectivity index (χ4n) is 4.10. The number of aromatic nitrogens is 1. The van der Waals surface area contributed by atoms with Crippen LogP contribution in [0.15, 0.2) is 36.5 Å². The Bertz CT molecular complexity index is 947. The molecule has 1 aliphatic rings. The summed E-state index contributed by atoms with van der Waals surface area (Å²) < 4.78 is 5.59. The molecule has 2 N–H and O–H groups in total. The van der Waals surface area contributed by atoms with Crippen LogP contribution < -0.4 is 10.2 Å². The molecule has 0 radical (unpaired) electrons. The number of nitrogens with one attached hydrogen (secondary N) is 1. The van der Waals surface area contributed by atoms with Crippen LogP contribution in [0, 0.1) is 17.2 Å². The van der Waals surface area contributed by atoms with Crippen molar-refractivity contribution in [1.82, 2.24) is 4.98 Å². The standard InChI is InChI=1S/C25H32N4O3.C2H6/c1-17(2)16-29(21-8-10-32-11-9-21)23-6-5-20(18(3)12-25(30)31)13-22(23)28-24-7-4-19(14-26)15-27-24;1-2/h4-7,13,15,17-18,21H,8-12,16H2,1-3H3,(H,27,28)(H,30,31);1-2H3. The number of nitrogens with zero attached hydrogens (tertiary/aromatic N) is 3. The van der Waals surface area contributed by atoms with E-state index >= 15 is 0 Å². The van der Waals surface area contributed by atoms with Crippen molar-refractivity contribution in [3.05, 3.63) is 47.7 Å². The van der Waals surface area contributed by atoms with Crippen molar-refractivity contribution in [3.8, 4) is 6.07 Å². The van der Waals surface area contributed by atoms with Gasteiger partial charge in [0.15, 0.2) is 0 Å². The van der Waals surface area contributed by atoms with Gasteiger partial charge in [-0.3, -0.25) is 4.79 Å². The Morgan fingerprint density at radius 3 is 2.50 bits per heavy atom. The number of anilines is 3. The maximum absolute atomic E-state index is 11.3. The molecule has 7 heteroatoms. The van der Waals surface area contributed by atoms with Crippen LogP contribution in [0.4, 0.5) is 17.2 Å². The Morgan fingerprint density at radius 2 is 1.94 bits per heavy atom. The fourth-order valence-corrected chi connectivity index (χ4v) is 4.10. The number of carboxylic acid groups (broad SMARTS) is 1. The molecule has 1 aromatic heterocycles. The number of hydrogen-bond acceptors (Lipinski definition) is 6. The Kier molecular flexibility index (Phi) is 10.8. The number of ether oxygens (including phenoxy) is 1. The summed E-state index contributed by atoms with van der Waals surface area (Å²) in [6.07, 6.45) is 3.56. The molecular formula is C27H38N4O3. The molecule has 34 heavy (non-hydrogen) atoms. The van der Waals surface area contributed by atoms with Crippen LogP contribution >= 0.6 is 0 Å². The number of pyridine rings is 1. The van der Waals surface area contributed by atoms with E-state index in [2.05, 4.69) is 41.2 Å². The number of aliphatic carboxylic acids is 1. The van der Waals surface area contributed by atoms with Crippen molar-refractivity contribution in [3.63, 3.8) is 0 Å². The third-order valence-electron chi connectivity index (χ3n) is 5.73. The zero-order valence-electron chi connectivity index (χ0n) is 21.0. The molecule has 1 saturated heterocycles. The van der Waals surface area contributed by atoms with E-state index in [1.165, 1.54) is 0 Å². The van der Waals surface area contributed by atoms with Gasteiger partial charge in [0, 0.05) is 32.0 Å². The van der Waals surface area contributed by atoms with Gasteiger partial charge in [0.25, 0.3) is 0 Å². The van der Waals surface area contributed by atoms with Crippen molar-refractivity contribution in [2.45, 2.75) is 65.8 Å². The molecule has 7 nitrogen and oxygen atoms in total. The molecule has 0 amide bonds. The van der Waals surface area contributed by atoms with Crippen LogP contribution in [0.3, 0.4) is 0 Å². The molecule has 1 fully saturated rings. The molecule has 1 atom stereocenters. The summed E-state index contributed by atoms with van der Waals surface area (Å²) in [5.41, 5.74) is 3.43. The highest BCUT2D eigenvalue weighted by Crippen LogP contribution is 2.36. The lowest BCUT2D eigenvalue weighted by atomic mass is 9.95. The molecule has 1 unspecified atom stereocenters. The number of rotatable bonds is 9. The molecular weight excluding hydrogens is 428 g/mol. The van der Waals surface area contributed by atoms with E-state index in [9.17, 15) is 9.90 Å². The van der Waals surface area contributed by atoms with Gasteiger partial charge in [0.2, 0.25) is 0 Å². The number of nitriles is 1. The first-order chi connectivity index (χ1) is 16.4. The zero-order chi connectivity index (χ0) is 25.1. The molecule has 2 aromatic rings. The predicted molar refractivity (Wildman–Crippen MR) is 137 cm³/mol. The number of hydrogen-bond donors (Lipinski definition) is 2. The summed E-state index contributed by atoms with van der Waals surface area (Å²) in [6, 6.07) is 12.2. The predicted octanol–water partition coefficient (Wildman–Crippen LogP) is 5.94. The minimum absolute atomic E-state index is 0.0730. The maximum atomic E-state index is 11.3. The molecule has 184 valence electrons. The van der Waals surface area contributed by atoms with E-state index in [1.807, 2.05) is 32.9 Å². The molecule has 0 saturated carbocycles. The Labute approximate surface area is 203 Å². The first kappa shape index (κ1) is 27.1. The number of benzene rings is 1. The average Bonchev–Trinajstić information content (AvgIpc) is 2.84. The Hall–Kier alpha value is -3.11. The highest BCUT2D eigenvalue weighted by molar-refractivity contribution is 5.76. The summed E-state index contributed by atoms with van der Waals surface area (Å²) >= 11 is 0. The van der Waals surface area contributed by atoms with Gasteiger partial charge in [-0.05, 0) is 54.5 Å². The largest absolute Gasteiger partial charge is 0.481 e. The number of carboxylic acids is 1. The van der Waals surface area contributed by atoms with Gasteiger partial charge in [-0.2, -0.15) is 5.26 Å². The van der Waals surface area contributed by atoms with Crippen molar-refractivity contribution in [2.75, 3.05) is 30.0 Å². The molecule has 0 spiro atoms. The maximum Gasteiger partial charge on any atom is 0.303 e. The summed E-state index contributed by atoms with van der Waals surface area (Å²) in [7, 11) is 0. The van der Waals surface area contributed by atoms with Gasteiger partial charge >= 0.3 is 5.97 Å². The van der Waals surface area contributed by atoms with Crippen LogP contribution in [0.2, 0.25) is 0 Å². The van der Waals surface area contributed by atoms with Gasteiger partial charge < -0.3 is 20.1 Å². The summed E-state index contributed by atoms with van der Waals surface area (Å²) in [5.74, 6) is 0.195. The fraction of sp³-hybridized carbons (Fsp3) is 0.519. The average molecular weight is 467 g/mol. The smallest absolute Gasteiger partial charge is 0.303 e. The monoisotopic (exact) mass is 466 g/mol. The molecule has 1 aliphatic heterocycles. The van der Waals surface area contributed by atoms with E-state index in [0.717, 1.165) is 49.5 Å². The minimum Gasteiger partial charge on any atom is -0.481 e. The lowest BCUT2D eigenvalue weighted by molar-refractivity contribution is -0.137. The first-order valence-electron chi connectivity index (χ1n) is 12.2. The first-order valence-corrected chi connectivity index (χ1v) is 12.2. The van der Waals surface area contributed by atoms with Crippen LogP contribution in [0.5, 0.6) is 0 Å². The summed E-state index contributed by atoms with van der Waals surface area (Å²) in [5, 5.41) is 21.7. The van der Waals surface area contributed by atoms with Gasteiger partial charge in [0.1, 0.15) is 11.9 Å². The highest BCUT2D eigenvalue weighted by atomic mass is 16.5. The second-order valence-corrected chi connectivity index (χ2v) is 8.83. The van der Waals surface area contributed by atoms with Crippen LogP contribution in [-0.4, -0.2) is 41.9 Å². The van der Waals surface area contributed by atoms with Crippen molar-refractivity contribution in [2.24, 2.45) is 5.92 Å². The molecule has 3 rings (SSSR count). The van der Waals surface area contributed by atoms with Crippen LogP contribution in [-0.2, 0) is 9.53 Å². The lowest BCUT2D eigenvalue weighted by Crippen LogP contribution is -2.42. The van der Waals surface area contributed by atoms with E-state index in [1.54, 1.807) is 18.3 Å². The Morgan fingerprint density at radius 1 is 1.24 bits per heavy atom. The van der Waals surface area contributed by atoms with Gasteiger partial charge in [0.05, 0.1) is 23.4 Å². The van der Waals surface area contributed by atoms with Crippen molar-refractivity contribution in [1.29, 1.82) is 5.26 Å². The van der Waals surface area contributed by atoms with Gasteiger partial charge in [-0.1, -0.05) is 40.7 Å². The second-order valence-electron chi connectivity index (χ2n) is 8.83. The summed E-state index contributed by atoms with van der Waals surface area (Å²) in [4.78, 5) is 18.1. The second kappa shape index (κ2) is 13.6. The molecule has 0 aliphatic carbocycles. The molecule has 1 aromatic carbocycles. The Balaban J connectivity index is 0.00000199. The van der Waals surface area contributed by atoms with Gasteiger partial charge in [-0.15, -0.1) is 0 Å². The zero-order valence-corrected chi connectivity index (χ0v) is 21.0. The van der Waals surface area contributed by atoms with Gasteiger partial charge in [-0.25, -0.2) is 4.98 Å². The molecule has 2 heterocycles. The third-order valence-corrected chi connectivity index (χ3v) is 5.73. The SMILES string of the molecule is CC.CC(C)CN(c1ccc(C(C)CC(=O)O)cc1Nc1ccc(C#N)cn1)C1CCOCC1. The van der Waals surface area contributed by atoms with Crippen molar-refractivity contribution < 1.29 is 14.6 Å². The quantitative estimate of drug-likeness (QED) is 0.472. The third kappa shape index (κ3) is 7.74. The highest BCUT2D eigenvalue weighted by Gasteiger charge is 2.25. The van der Waals surface area contributed by atoms with Crippen molar-refractivity contribution >= 4 is 23.2 Å². The summed E-state index contributed by atoms with van der Waals surface area (Å²) in [6.45, 7) is 12.8. The van der Waals surface area contributed by atoms with E-state index in [4.69, 9.17) is 10.00 Å². The topological polar surface area (TPSA) is 98.5 Å². The van der Waals surface area contributed by atoms with Crippen LogP contribution in [0.1, 0.15) is 70.9 Å². The van der Waals surface area contributed by atoms with Crippen LogP contribution in [0.25, 0.3) is 0 Å². The molecule has 0 bridgehead atoms. The normalized spacial score (nSPS) is 14.5. The number of carbonyl (C=O) groups is 1. The minimum atomic E-state index is -0.812. The van der Waals surface area contributed by atoms with E-state index in [-0.39, 0.29) is 12.3 Å². The van der Waals surface area contributed by atoms with E-state index in [0.29, 0.717) is 23.3 Å².